The fraction of sp³-hybridized carbons (Fsp3) is 0. The lowest BCUT2D eigenvalue weighted by Gasteiger charge is -2.00. The van der Waals surface area contributed by atoms with E-state index in [1.54, 1.807) is 36.4 Å². The van der Waals surface area contributed by atoms with Gasteiger partial charge >= 0.3 is 5.63 Å². The first-order valence-corrected chi connectivity index (χ1v) is 6.89. The van der Waals surface area contributed by atoms with Gasteiger partial charge in [0.05, 0.1) is 5.39 Å². The van der Waals surface area contributed by atoms with Crippen LogP contribution >= 0.6 is 0 Å². The number of rotatable bonds is 1. The number of phenols is 1. The largest absolute Gasteiger partial charge is 0.508 e. The first-order chi connectivity index (χ1) is 10.7. The highest BCUT2D eigenvalue weighted by Crippen LogP contribution is 2.20. The Labute approximate surface area is 127 Å². The van der Waals surface area contributed by atoms with Crippen molar-refractivity contribution in [3.63, 3.8) is 0 Å². The molecule has 22 heavy (non-hydrogen) atoms. The zero-order valence-electron chi connectivity index (χ0n) is 11.8. The van der Waals surface area contributed by atoms with Crippen molar-refractivity contribution in [1.29, 1.82) is 0 Å². The molecule has 3 heteroatoms. The second-order valence-corrected chi connectivity index (χ2v) is 4.83. The van der Waals surface area contributed by atoms with Gasteiger partial charge in [0.2, 0.25) is 0 Å². The standard InChI is InChI=1S/C12H10O.C7H4O2/c13-12-8-6-11(7-9-12)10-4-2-1-3-5-10;8-7-5-1-3-6(9-7)4-2-5/h1-9,13H;1-4H. The van der Waals surface area contributed by atoms with Crippen LogP contribution in [-0.2, 0) is 0 Å². The van der Waals surface area contributed by atoms with Crippen molar-refractivity contribution in [2.24, 2.45) is 0 Å². The summed E-state index contributed by atoms with van der Waals surface area (Å²) >= 11 is 0. The first kappa shape index (κ1) is 13.9. The van der Waals surface area contributed by atoms with Crippen LogP contribution in [0.2, 0.25) is 0 Å². The van der Waals surface area contributed by atoms with E-state index in [1.165, 1.54) is 5.56 Å². The molecule has 3 nitrogen and oxygen atoms in total. The lowest BCUT2D eigenvalue weighted by atomic mass is 10.1. The molecule has 2 bridgehead atoms. The maximum absolute atomic E-state index is 10.7. The van der Waals surface area contributed by atoms with Crippen molar-refractivity contribution in [2.75, 3.05) is 0 Å². The molecule has 0 radical (unpaired) electrons. The molecule has 0 spiro atoms. The van der Waals surface area contributed by atoms with Crippen LogP contribution in [0.4, 0.5) is 0 Å². The van der Waals surface area contributed by atoms with Gasteiger partial charge < -0.3 is 9.52 Å². The van der Waals surface area contributed by atoms with Crippen LogP contribution in [0.15, 0.2) is 88.1 Å². The van der Waals surface area contributed by atoms with Crippen molar-refractivity contribution >= 4 is 11.0 Å². The van der Waals surface area contributed by atoms with Gasteiger partial charge in [0.15, 0.2) is 0 Å². The zero-order valence-corrected chi connectivity index (χ0v) is 11.8. The van der Waals surface area contributed by atoms with Crippen LogP contribution in [-0.4, -0.2) is 5.11 Å². The average Bonchev–Trinajstić information content (AvgIpc) is 2.58. The fourth-order valence-corrected chi connectivity index (χ4v) is 2.11. The van der Waals surface area contributed by atoms with E-state index in [-0.39, 0.29) is 5.63 Å². The summed E-state index contributed by atoms with van der Waals surface area (Å²) < 4.78 is 4.75. The van der Waals surface area contributed by atoms with Gasteiger partial charge in [0.25, 0.3) is 0 Å². The van der Waals surface area contributed by atoms with Crippen LogP contribution < -0.4 is 5.63 Å². The molecule has 0 fully saturated rings. The molecule has 0 saturated carbocycles. The number of benzene rings is 3. The molecule has 0 saturated heterocycles. The van der Waals surface area contributed by atoms with E-state index in [9.17, 15) is 4.79 Å². The smallest absolute Gasteiger partial charge is 0.343 e. The molecule has 0 aliphatic rings. The minimum Gasteiger partial charge on any atom is -0.508 e. The van der Waals surface area contributed by atoms with E-state index in [0.717, 1.165) is 5.56 Å². The van der Waals surface area contributed by atoms with Crippen LogP contribution in [0.1, 0.15) is 0 Å². The second-order valence-electron chi connectivity index (χ2n) is 4.83. The van der Waals surface area contributed by atoms with Crippen LogP contribution in [0, 0.1) is 0 Å². The van der Waals surface area contributed by atoms with E-state index in [4.69, 9.17) is 9.52 Å². The molecule has 3 aromatic carbocycles. The van der Waals surface area contributed by atoms with Crippen molar-refractivity contribution in [1.82, 2.24) is 0 Å². The van der Waals surface area contributed by atoms with E-state index in [0.29, 0.717) is 16.7 Å². The van der Waals surface area contributed by atoms with Crippen LogP contribution in [0.25, 0.3) is 22.1 Å². The summed E-state index contributed by atoms with van der Waals surface area (Å²) in [6, 6.07) is 24.4. The summed E-state index contributed by atoms with van der Waals surface area (Å²) in [6.07, 6.45) is 0. The van der Waals surface area contributed by atoms with Gasteiger partial charge in [-0.25, -0.2) is 4.79 Å². The van der Waals surface area contributed by atoms with Gasteiger partial charge in [-0.3, -0.25) is 0 Å². The molecule has 5 aromatic rings. The second kappa shape index (κ2) is 6.14. The van der Waals surface area contributed by atoms with E-state index < -0.39 is 0 Å². The van der Waals surface area contributed by atoms with E-state index in [2.05, 4.69) is 0 Å². The van der Waals surface area contributed by atoms with Gasteiger partial charge in [-0.2, -0.15) is 0 Å². The van der Waals surface area contributed by atoms with Gasteiger partial charge in [-0.05, 0) is 47.5 Å². The molecule has 5 rings (SSSR count). The molecule has 0 aliphatic carbocycles. The predicted molar refractivity (Wildman–Crippen MR) is 87.2 cm³/mol. The Morgan fingerprint density at radius 2 is 1.27 bits per heavy atom. The number of phenolic OH excluding ortho intramolecular Hbond substituents is 1. The molecular formula is C19H14O3. The Morgan fingerprint density at radius 3 is 1.73 bits per heavy atom. The van der Waals surface area contributed by atoms with E-state index >= 15 is 0 Å². The summed E-state index contributed by atoms with van der Waals surface area (Å²) in [5.41, 5.74) is 2.69. The molecular weight excluding hydrogens is 276 g/mol. The lowest BCUT2D eigenvalue weighted by molar-refractivity contribution is 0.475. The van der Waals surface area contributed by atoms with Crippen molar-refractivity contribution < 1.29 is 9.52 Å². The fourth-order valence-electron chi connectivity index (χ4n) is 2.11. The highest BCUT2D eigenvalue weighted by atomic mass is 16.4. The summed E-state index contributed by atoms with van der Waals surface area (Å²) in [7, 11) is 0. The average molecular weight is 290 g/mol. The maximum Gasteiger partial charge on any atom is 0.343 e. The predicted octanol–water partition coefficient (Wildman–Crippen LogP) is 4.29. The van der Waals surface area contributed by atoms with E-state index in [1.807, 2.05) is 42.5 Å². The number of aromatic hydroxyl groups is 1. The van der Waals surface area contributed by atoms with Crippen molar-refractivity contribution in [3.05, 3.63) is 89.3 Å². The zero-order chi connectivity index (χ0) is 15.4. The third-order valence-corrected chi connectivity index (χ3v) is 3.27. The first-order valence-electron chi connectivity index (χ1n) is 6.89. The molecule has 2 heterocycles. The maximum atomic E-state index is 10.7. The highest BCUT2D eigenvalue weighted by molar-refractivity contribution is 5.63. The highest BCUT2D eigenvalue weighted by Gasteiger charge is 1.96. The Kier molecular flexibility index (Phi) is 3.88. The third-order valence-electron chi connectivity index (χ3n) is 3.27. The number of hydrogen-bond acceptors (Lipinski definition) is 3. The molecule has 108 valence electrons. The molecule has 0 aliphatic heterocycles. The quantitative estimate of drug-likeness (QED) is 0.569. The van der Waals surface area contributed by atoms with Crippen LogP contribution in [0.3, 0.4) is 0 Å². The summed E-state index contributed by atoms with van der Waals surface area (Å²) in [4.78, 5) is 10.7. The molecule has 1 N–H and O–H groups in total. The topological polar surface area (TPSA) is 50.4 Å². The Hall–Kier alpha value is -3.07. The summed E-state index contributed by atoms with van der Waals surface area (Å²) in [6.45, 7) is 0. The van der Waals surface area contributed by atoms with Gasteiger partial charge in [0, 0.05) is 0 Å². The Balaban J connectivity index is 0.000000139. The number of hydrogen-bond donors (Lipinski definition) is 1. The van der Waals surface area contributed by atoms with Gasteiger partial charge in [0.1, 0.15) is 11.3 Å². The molecule has 0 unspecified atom stereocenters. The summed E-state index contributed by atoms with van der Waals surface area (Å²) in [5, 5.41) is 9.73. The monoisotopic (exact) mass is 290 g/mol. The molecule has 0 atom stereocenters. The van der Waals surface area contributed by atoms with Gasteiger partial charge in [-0.1, -0.05) is 42.5 Å². The van der Waals surface area contributed by atoms with Crippen molar-refractivity contribution in [2.45, 2.75) is 0 Å². The van der Waals surface area contributed by atoms with Crippen molar-refractivity contribution in [3.8, 4) is 16.9 Å². The molecule has 2 aromatic heterocycles. The van der Waals surface area contributed by atoms with Gasteiger partial charge in [-0.15, -0.1) is 0 Å². The minimum absolute atomic E-state index is 0.241. The minimum atomic E-state index is -0.241. The normalized spacial score (nSPS) is 10.2. The number of fused-ring (bicyclic) bond motifs is 3. The summed E-state index contributed by atoms with van der Waals surface area (Å²) in [5.74, 6) is 0.305. The van der Waals surface area contributed by atoms with Crippen LogP contribution in [0.5, 0.6) is 5.75 Å². The Bertz CT molecular complexity index is 873. The molecule has 0 amide bonds. The lowest BCUT2D eigenvalue weighted by Crippen LogP contribution is -1.98. The Morgan fingerprint density at radius 1 is 0.682 bits per heavy atom. The third kappa shape index (κ3) is 3.15. The SMILES string of the molecule is O=c1oc2ccc1cc2.Oc1ccc(-c2ccccc2)cc1.